The lowest BCUT2D eigenvalue weighted by Crippen LogP contribution is -2.26. The lowest BCUT2D eigenvalue weighted by atomic mass is 9.95. The fourth-order valence-corrected chi connectivity index (χ4v) is 4.68. The molecule has 6 nitrogen and oxygen atoms in total. The van der Waals surface area contributed by atoms with Crippen LogP contribution in [0.1, 0.15) is 21.6 Å². The molecule has 0 bridgehead atoms. The monoisotopic (exact) mass is 471 g/mol. The first-order valence-corrected chi connectivity index (χ1v) is 12.4. The van der Waals surface area contributed by atoms with Crippen LogP contribution in [0.4, 0.5) is 0 Å². The summed E-state index contributed by atoms with van der Waals surface area (Å²) < 4.78 is 28.0. The van der Waals surface area contributed by atoms with Crippen LogP contribution in [0.5, 0.6) is 0 Å². The Morgan fingerprint density at radius 3 is 2.21 bits per heavy atom. The van der Waals surface area contributed by atoms with E-state index in [4.69, 9.17) is 0 Å². The molecule has 1 heterocycles. The first-order valence-electron chi connectivity index (χ1n) is 10.9. The molecule has 1 aromatic heterocycles. The van der Waals surface area contributed by atoms with Gasteiger partial charge in [0.2, 0.25) is 10.0 Å². The molecule has 0 aliphatic carbocycles. The van der Waals surface area contributed by atoms with Gasteiger partial charge in [-0.2, -0.15) is 0 Å². The number of carbonyl (C=O) groups is 1. The predicted octanol–water partition coefficient (Wildman–Crippen LogP) is 4.20. The molecule has 3 aromatic carbocycles. The maximum Gasteiger partial charge on any atom is 0.251 e. The largest absolute Gasteiger partial charge is 0.352 e. The summed E-state index contributed by atoms with van der Waals surface area (Å²) in [7, 11) is -3.66. The van der Waals surface area contributed by atoms with E-state index in [1.54, 1.807) is 42.6 Å². The molecule has 0 radical (unpaired) electrons. The maximum absolute atomic E-state index is 13.0. The Balaban J connectivity index is 1.52. The zero-order valence-electron chi connectivity index (χ0n) is 18.5. The number of hydrogen-bond acceptors (Lipinski definition) is 4. The molecule has 0 aliphatic heterocycles. The highest BCUT2D eigenvalue weighted by Gasteiger charge is 2.17. The normalized spacial score (nSPS) is 11.2. The van der Waals surface area contributed by atoms with Gasteiger partial charge in [0.1, 0.15) is 0 Å². The highest BCUT2D eigenvalue weighted by atomic mass is 32.2. The first-order chi connectivity index (χ1) is 16.5. The molecule has 0 spiro atoms. The zero-order valence-corrected chi connectivity index (χ0v) is 19.3. The second-order valence-electron chi connectivity index (χ2n) is 7.67. The van der Waals surface area contributed by atoms with Crippen LogP contribution in [0, 0.1) is 0 Å². The molecule has 4 rings (SSSR count). The number of carbonyl (C=O) groups excluding carboxylic acids is 1. The Morgan fingerprint density at radius 2 is 1.44 bits per heavy atom. The smallest absolute Gasteiger partial charge is 0.251 e. The number of benzene rings is 3. The van der Waals surface area contributed by atoms with Crippen molar-refractivity contribution in [3.05, 3.63) is 120 Å². The Morgan fingerprint density at radius 1 is 0.765 bits per heavy atom. The van der Waals surface area contributed by atoms with Gasteiger partial charge in [0.25, 0.3) is 5.91 Å². The molecule has 0 unspecified atom stereocenters. The minimum Gasteiger partial charge on any atom is -0.352 e. The zero-order chi connectivity index (χ0) is 23.8. The van der Waals surface area contributed by atoms with Crippen molar-refractivity contribution < 1.29 is 13.2 Å². The molecular weight excluding hydrogens is 446 g/mol. The third-order valence-electron chi connectivity index (χ3n) is 5.38. The summed E-state index contributed by atoms with van der Waals surface area (Å²) in [5, 5.41) is 2.96. The third-order valence-corrected chi connectivity index (χ3v) is 6.80. The van der Waals surface area contributed by atoms with Crippen molar-refractivity contribution >= 4 is 15.9 Å². The van der Waals surface area contributed by atoms with Gasteiger partial charge < -0.3 is 5.32 Å². The van der Waals surface area contributed by atoms with Gasteiger partial charge in [0.05, 0.1) is 4.90 Å². The van der Waals surface area contributed by atoms with Crippen LogP contribution >= 0.6 is 0 Å². The molecule has 34 heavy (non-hydrogen) atoms. The van der Waals surface area contributed by atoms with Crippen LogP contribution in [0.25, 0.3) is 11.1 Å². The van der Waals surface area contributed by atoms with Crippen LogP contribution in [0.15, 0.2) is 108 Å². The lowest BCUT2D eigenvalue weighted by molar-refractivity contribution is 0.0954. The van der Waals surface area contributed by atoms with Crippen molar-refractivity contribution in [3.63, 3.8) is 0 Å². The maximum atomic E-state index is 13.0. The summed E-state index contributed by atoms with van der Waals surface area (Å²) in [4.78, 5) is 17.5. The number of hydrogen-bond donors (Lipinski definition) is 2. The number of aromatic nitrogens is 1. The second-order valence-corrected chi connectivity index (χ2v) is 9.43. The van der Waals surface area contributed by atoms with E-state index in [0.29, 0.717) is 18.5 Å². The van der Waals surface area contributed by atoms with E-state index in [1.165, 1.54) is 0 Å². The number of nitrogens with zero attached hydrogens (tertiary/aromatic N) is 1. The van der Waals surface area contributed by atoms with Crippen molar-refractivity contribution in [1.82, 2.24) is 15.0 Å². The molecule has 0 atom stereocenters. The predicted molar refractivity (Wildman–Crippen MR) is 133 cm³/mol. The molecule has 0 aliphatic rings. The van der Waals surface area contributed by atoms with Gasteiger partial charge in [-0.15, -0.1) is 0 Å². The average molecular weight is 472 g/mol. The first kappa shape index (κ1) is 23.4. The summed E-state index contributed by atoms with van der Waals surface area (Å²) in [5.74, 6) is -0.189. The van der Waals surface area contributed by atoms with Gasteiger partial charge in [-0.05, 0) is 47.0 Å². The van der Waals surface area contributed by atoms with Crippen LogP contribution < -0.4 is 10.0 Å². The summed E-state index contributed by atoms with van der Waals surface area (Å²) in [6, 6.07) is 28.8. The minimum absolute atomic E-state index is 0.100. The van der Waals surface area contributed by atoms with Crippen molar-refractivity contribution in [1.29, 1.82) is 0 Å². The van der Waals surface area contributed by atoms with E-state index >= 15 is 0 Å². The number of amides is 1. The standard InChI is InChI=1S/C27H25N3O3S/c31-27(29-19-17-22-11-8-9-18-28-22)26-16-7-6-15-25(26)24-14-5-4-10-21(24)20-30-34(32,33)23-12-2-1-3-13-23/h1-16,18,30H,17,19-20H2,(H,29,31). The van der Waals surface area contributed by atoms with E-state index in [-0.39, 0.29) is 17.3 Å². The van der Waals surface area contributed by atoms with E-state index in [2.05, 4.69) is 15.0 Å². The Labute approximate surface area is 199 Å². The van der Waals surface area contributed by atoms with Crippen molar-refractivity contribution in [2.45, 2.75) is 17.9 Å². The Kier molecular flexibility index (Phi) is 7.47. The number of rotatable bonds is 9. The SMILES string of the molecule is O=C(NCCc1ccccn1)c1ccccc1-c1ccccc1CNS(=O)(=O)c1ccccc1. The molecule has 4 aromatic rings. The van der Waals surface area contributed by atoms with E-state index in [9.17, 15) is 13.2 Å². The Bertz CT molecular complexity index is 1360. The van der Waals surface area contributed by atoms with Gasteiger partial charge >= 0.3 is 0 Å². The van der Waals surface area contributed by atoms with Gasteiger partial charge in [-0.1, -0.05) is 66.7 Å². The Hall–Kier alpha value is -3.81. The van der Waals surface area contributed by atoms with E-state index in [1.807, 2.05) is 60.7 Å². The summed E-state index contributed by atoms with van der Waals surface area (Å²) in [6.45, 7) is 0.561. The van der Waals surface area contributed by atoms with Crippen molar-refractivity contribution in [2.24, 2.45) is 0 Å². The van der Waals surface area contributed by atoms with Crippen LogP contribution in [-0.2, 0) is 23.0 Å². The topological polar surface area (TPSA) is 88.2 Å². The quantitative estimate of drug-likeness (QED) is 0.383. The minimum atomic E-state index is -3.66. The summed E-state index contributed by atoms with van der Waals surface area (Å²) >= 11 is 0. The molecule has 7 heteroatoms. The van der Waals surface area contributed by atoms with Crippen molar-refractivity contribution in [3.8, 4) is 11.1 Å². The number of pyridine rings is 1. The molecule has 1 amide bonds. The van der Waals surface area contributed by atoms with Crippen LogP contribution in [-0.4, -0.2) is 25.9 Å². The lowest BCUT2D eigenvalue weighted by Gasteiger charge is -2.15. The van der Waals surface area contributed by atoms with Crippen LogP contribution in [0.2, 0.25) is 0 Å². The van der Waals surface area contributed by atoms with Crippen molar-refractivity contribution in [2.75, 3.05) is 6.54 Å². The molecule has 0 saturated carbocycles. The third kappa shape index (κ3) is 5.75. The van der Waals surface area contributed by atoms with Gasteiger partial charge in [0, 0.05) is 37.0 Å². The highest BCUT2D eigenvalue weighted by molar-refractivity contribution is 7.89. The summed E-state index contributed by atoms with van der Waals surface area (Å²) in [5.41, 5.74) is 3.76. The average Bonchev–Trinajstić information content (AvgIpc) is 2.89. The second kappa shape index (κ2) is 10.9. The highest BCUT2D eigenvalue weighted by Crippen LogP contribution is 2.27. The van der Waals surface area contributed by atoms with Gasteiger partial charge in [0.15, 0.2) is 0 Å². The van der Waals surface area contributed by atoms with E-state index in [0.717, 1.165) is 22.4 Å². The van der Waals surface area contributed by atoms with Gasteiger partial charge in [-0.3, -0.25) is 9.78 Å². The molecule has 0 saturated heterocycles. The molecule has 172 valence electrons. The van der Waals surface area contributed by atoms with E-state index < -0.39 is 10.0 Å². The van der Waals surface area contributed by atoms with Gasteiger partial charge in [-0.25, -0.2) is 13.1 Å². The number of sulfonamides is 1. The van der Waals surface area contributed by atoms with Crippen LogP contribution in [0.3, 0.4) is 0 Å². The fraction of sp³-hybridized carbons (Fsp3) is 0.111. The molecular formula is C27H25N3O3S. The summed E-state index contributed by atoms with van der Waals surface area (Å²) in [6.07, 6.45) is 2.36. The molecule has 0 fully saturated rings. The fourth-order valence-electron chi connectivity index (χ4n) is 3.65. The molecule has 2 N–H and O–H groups in total. The number of nitrogens with one attached hydrogen (secondary N) is 2.